The highest BCUT2D eigenvalue weighted by molar-refractivity contribution is 5.96. The van der Waals surface area contributed by atoms with Gasteiger partial charge in [-0.25, -0.2) is 0 Å². The SMILES string of the molecule is CCOc1ccc(CNC(=O)c2ccc(-c3ccc4c(c3)CCN4C(=O)CC)cc2)cc1OC. The van der Waals surface area contributed by atoms with Crippen molar-refractivity contribution in [2.45, 2.75) is 33.2 Å². The number of ether oxygens (including phenoxy) is 2. The molecule has 0 spiro atoms. The molecule has 34 heavy (non-hydrogen) atoms. The number of rotatable bonds is 8. The lowest BCUT2D eigenvalue weighted by Gasteiger charge is -2.16. The zero-order valence-electron chi connectivity index (χ0n) is 19.9. The van der Waals surface area contributed by atoms with E-state index >= 15 is 0 Å². The van der Waals surface area contributed by atoms with E-state index in [0.29, 0.717) is 36.6 Å². The van der Waals surface area contributed by atoms with Gasteiger partial charge < -0.3 is 19.7 Å². The molecule has 0 aliphatic carbocycles. The van der Waals surface area contributed by atoms with Crippen LogP contribution in [0.1, 0.15) is 41.8 Å². The average molecular weight is 459 g/mol. The predicted molar refractivity (Wildman–Crippen MR) is 134 cm³/mol. The number of nitrogens with one attached hydrogen (secondary N) is 1. The molecule has 6 nitrogen and oxygen atoms in total. The van der Waals surface area contributed by atoms with Crippen LogP contribution in [0.2, 0.25) is 0 Å². The highest BCUT2D eigenvalue weighted by atomic mass is 16.5. The molecule has 2 amide bonds. The predicted octanol–water partition coefficient (Wildman–Crippen LogP) is 4.99. The summed E-state index contributed by atoms with van der Waals surface area (Å²) < 4.78 is 10.9. The first-order chi connectivity index (χ1) is 16.5. The van der Waals surface area contributed by atoms with Crippen molar-refractivity contribution in [1.29, 1.82) is 0 Å². The molecule has 0 fully saturated rings. The van der Waals surface area contributed by atoms with Crippen molar-refractivity contribution < 1.29 is 19.1 Å². The number of fused-ring (bicyclic) bond motifs is 1. The van der Waals surface area contributed by atoms with Crippen LogP contribution in [0.3, 0.4) is 0 Å². The number of amides is 2. The van der Waals surface area contributed by atoms with Crippen molar-refractivity contribution >= 4 is 17.5 Å². The summed E-state index contributed by atoms with van der Waals surface area (Å²) in [6.07, 6.45) is 1.38. The van der Waals surface area contributed by atoms with Crippen LogP contribution in [0.4, 0.5) is 5.69 Å². The number of hydrogen-bond acceptors (Lipinski definition) is 4. The lowest BCUT2D eigenvalue weighted by molar-refractivity contribution is -0.118. The minimum Gasteiger partial charge on any atom is -0.493 e. The van der Waals surface area contributed by atoms with Crippen molar-refractivity contribution in [2.75, 3.05) is 25.2 Å². The average Bonchev–Trinajstić information content (AvgIpc) is 3.31. The molecule has 1 aliphatic heterocycles. The lowest BCUT2D eigenvalue weighted by atomic mass is 10.0. The van der Waals surface area contributed by atoms with Gasteiger partial charge in [0.25, 0.3) is 5.91 Å². The molecule has 1 heterocycles. The van der Waals surface area contributed by atoms with Gasteiger partial charge in [0.15, 0.2) is 11.5 Å². The summed E-state index contributed by atoms with van der Waals surface area (Å²) in [4.78, 5) is 26.7. The van der Waals surface area contributed by atoms with Gasteiger partial charge >= 0.3 is 0 Å². The van der Waals surface area contributed by atoms with Crippen LogP contribution in [0.25, 0.3) is 11.1 Å². The molecule has 176 valence electrons. The Hall–Kier alpha value is -3.80. The molecule has 0 radical (unpaired) electrons. The normalized spacial score (nSPS) is 12.3. The van der Waals surface area contributed by atoms with Crippen molar-refractivity contribution in [2.24, 2.45) is 0 Å². The Balaban J connectivity index is 1.41. The van der Waals surface area contributed by atoms with Crippen molar-refractivity contribution in [3.63, 3.8) is 0 Å². The maximum Gasteiger partial charge on any atom is 0.251 e. The highest BCUT2D eigenvalue weighted by Crippen LogP contribution is 2.33. The fraction of sp³-hybridized carbons (Fsp3) is 0.286. The van der Waals surface area contributed by atoms with Gasteiger partial charge in [0.05, 0.1) is 13.7 Å². The topological polar surface area (TPSA) is 67.9 Å². The first kappa shape index (κ1) is 23.4. The molecule has 1 aliphatic rings. The molecule has 0 saturated carbocycles. The second-order valence-electron chi connectivity index (χ2n) is 8.17. The highest BCUT2D eigenvalue weighted by Gasteiger charge is 2.23. The Labute approximate surface area is 200 Å². The Morgan fingerprint density at radius 1 is 0.941 bits per heavy atom. The maximum absolute atomic E-state index is 12.7. The largest absolute Gasteiger partial charge is 0.493 e. The third-order valence-electron chi connectivity index (χ3n) is 6.04. The van der Waals surface area contributed by atoms with Gasteiger partial charge in [0.1, 0.15) is 0 Å². The Bertz CT molecular complexity index is 1190. The molecule has 4 rings (SSSR count). The van der Waals surface area contributed by atoms with Gasteiger partial charge in [-0.3, -0.25) is 9.59 Å². The molecule has 0 atom stereocenters. The number of carbonyl (C=O) groups excluding carboxylic acids is 2. The van der Waals surface area contributed by atoms with E-state index in [2.05, 4.69) is 11.4 Å². The number of anilines is 1. The van der Waals surface area contributed by atoms with Gasteiger partial charge in [0, 0.05) is 30.8 Å². The summed E-state index contributed by atoms with van der Waals surface area (Å²) in [5.41, 5.74) is 5.85. The molecular weight excluding hydrogens is 428 g/mol. The van der Waals surface area contributed by atoms with Crippen molar-refractivity contribution in [3.8, 4) is 22.6 Å². The number of hydrogen-bond donors (Lipinski definition) is 1. The van der Waals surface area contributed by atoms with E-state index < -0.39 is 0 Å². The first-order valence-electron chi connectivity index (χ1n) is 11.7. The summed E-state index contributed by atoms with van der Waals surface area (Å²) in [6, 6.07) is 19.4. The first-order valence-corrected chi connectivity index (χ1v) is 11.7. The Morgan fingerprint density at radius 3 is 2.41 bits per heavy atom. The van der Waals surface area contributed by atoms with E-state index in [1.807, 2.05) is 73.3 Å². The number of carbonyl (C=O) groups is 2. The van der Waals surface area contributed by atoms with Gasteiger partial charge in [-0.1, -0.05) is 31.2 Å². The lowest BCUT2D eigenvalue weighted by Crippen LogP contribution is -2.27. The third-order valence-corrected chi connectivity index (χ3v) is 6.04. The fourth-order valence-corrected chi connectivity index (χ4v) is 4.23. The van der Waals surface area contributed by atoms with Crippen LogP contribution in [-0.4, -0.2) is 32.1 Å². The molecule has 0 bridgehead atoms. The third kappa shape index (κ3) is 4.91. The minimum absolute atomic E-state index is 0.137. The van der Waals surface area contributed by atoms with Crippen LogP contribution >= 0.6 is 0 Å². The summed E-state index contributed by atoms with van der Waals surface area (Å²) in [5.74, 6) is 1.36. The summed E-state index contributed by atoms with van der Waals surface area (Å²) in [7, 11) is 1.60. The number of nitrogens with zero attached hydrogens (tertiary/aromatic N) is 1. The van der Waals surface area contributed by atoms with E-state index in [9.17, 15) is 9.59 Å². The molecule has 3 aromatic rings. The standard InChI is InChI=1S/C28H30N2O4/c1-4-27(31)30-15-14-23-17-22(11-12-24(23)30)20-7-9-21(10-8-20)28(32)29-18-19-6-13-25(34-5-2)26(16-19)33-3/h6-13,16-17H,4-5,14-15,18H2,1-3H3,(H,29,32). The Morgan fingerprint density at radius 2 is 1.71 bits per heavy atom. The van der Waals surface area contributed by atoms with Gasteiger partial charge in [0.2, 0.25) is 5.91 Å². The molecule has 0 aromatic heterocycles. The second kappa shape index (κ2) is 10.4. The minimum atomic E-state index is -0.137. The zero-order valence-corrected chi connectivity index (χ0v) is 19.9. The molecule has 0 saturated heterocycles. The van der Waals surface area contributed by atoms with Gasteiger partial charge in [-0.15, -0.1) is 0 Å². The second-order valence-corrected chi connectivity index (χ2v) is 8.17. The zero-order chi connectivity index (χ0) is 24.1. The Kier molecular flexibility index (Phi) is 7.16. The summed E-state index contributed by atoms with van der Waals surface area (Å²) in [5, 5.41) is 2.96. The fourth-order valence-electron chi connectivity index (χ4n) is 4.23. The van der Waals surface area contributed by atoms with E-state index in [4.69, 9.17) is 9.47 Å². The quantitative estimate of drug-likeness (QED) is 0.516. The summed E-state index contributed by atoms with van der Waals surface area (Å²) in [6.45, 7) is 5.50. The molecule has 3 aromatic carbocycles. The smallest absolute Gasteiger partial charge is 0.251 e. The van der Waals surface area contributed by atoms with Crippen LogP contribution in [-0.2, 0) is 17.8 Å². The van der Waals surface area contributed by atoms with E-state index in [1.165, 1.54) is 5.56 Å². The molecule has 6 heteroatoms. The van der Waals surface area contributed by atoms with Crippen LogP contribution in [0.5, 0.6) is 11.5 Å². The van der Waals surface area contributed by atoms with E-state index in [1.54, 1.807) is 7.11 Å². The van der Waals surface area contributed by atoms with E-state index in [-0.39, 0.29) is 11.8 Å². The van der Waals surface area contributed by atoms with E-state index in [0.717, 1.165) is 35.3 Å². The maximum atomic E-state index is 12.7. The molecule has 0 unspecified atom stereocenters. The van der Waals surface area contributed by atoms with Crippen LogP contribution < -0.4 is 19.7 Å². The molecular formula is C28H30N2O4. The summed E-state index contributed by atoms with van der Waals surface area (Å²) >= 11 is 0. The number of methoxy groups -OCH3 is 1. The van der Waals surface area contributed by atoms with Crippen molar-refractivity contribution in [3.05, 3.63) is 77.4 Å². The van der Waals surface area contributed by atoms with Gasteiger partial charge in [-0.2, -0.15) is 0 Å². The number of benzene rings is 3. The molecule has 1 N–H and O–H groups in total. The van der Waals surface area contributed by atoms with Crippen LogP contribution in [0.15, 0.2) is 60.7 Å². The van der Waals surface area contributed by atoms with Crippen molar-refractivity contribution in [1.82, 2.24) is 5.32 Å². The monoisotopic (exact) mass is 458 g/mol. The van der Waals surface area contributed by atoms with Gasteiger partial charge in [-0.05, 0) is 72.0 Å². The van der Waals surface area contributed by atoms with Crippen LogP contribution in [0, 0.1) is 0 Å².